The minimum Gasteiger partial charge on any atom is -0.338 e. The van der Waals surface area contributed by atoms with E-state index in [9.17, 15) is 8.42 Å². The van der Waals surface area contributed by atoms with E-state index in [0.717, 1.165) is 16.7 Å². The second kappa shape index (κ2) is 8.24. The third-order valence-corrected chi connectivity index (χ3v) is 6.38. The van der Waals surface area contributed by atoms with Gasteiger partial charge in [0, 0.05) is 12.6 Å². The molecule has 6 nitrogen and oxygen atoms in total. The van der Waals surface area contributed by atoms with Crippen LogP contribution in [0.3, 0.4) is 0 Å². The number of aryl methyl sites for hydroxylation is 1. The van der Waals surface area contributed by atoms with Crippen molar-refractivity contribution in [3.05, 3.63) is 71.1 Å². The zero-order valence-corrected chi connectivity index (χ0v) is 17.4. The molecule has 0 bridgehead atoms. The average Bonchev–Trinajstić information content (AvgIpc) is 3.12. The van der Waals surface area contributed by atoms with Gasteiger partial charge in [-0.15, -0.1) is 0 Å². The highest BCUT2D eigenvalue weighted by molar-refractivity contribution is 7.88. The molecule has 0 amide bonds. The van der Waals surface area contributed by atoms with Crippen LogP contribution < -0.4 is 0 Å². The number of sulfonamides is 1. The summed E-state index contributed by atoms with van der Waals surface area (Å²) in [4.78, 5) is 4.34. The first kappa shape index (κ1) is 20.2. The molecule has 0 atom stereocenters. The van der Waals surface area contributed by atoms with E-state index >= 15 is 0 Å². The van der Waals surface area contributed by atoms with Crippen LogP contribution in [0.25, 0.3) is 11.4 Å². The lowest BCUT2D eigenvalue weighted by molar-refractivity contribution is 0.336. The van der Waals surface area contributed by atoms with Crippen LogP contribution in [0.2, 0.25) is 0 Å². The number of benzene rings is 2. The highest BCUT2D eigenvalue weighted by Gasteiger charge is 2.21. The Morgan fingerprint density at radius 1 is 1.04 bits per heavy atom. The van der Waals surface area contributed by atoms with E-state index in [4.69, 9.17) is 4.52 Å². The lowest BCUT2D eigenvalue weighted by atomic mass is 10.0. The Balaban J connectivity index is 1.68. The van der Waals surface area contributed by atoms with Gasteiger partial charge in [0.05, 0.1) is 12.3 Å². The predicted octanol–water partition coefficient (Wildman–Crippen LogP) is 4.13. The maximum atomic E-state index is 12.6. The number of rotatable bonds is 7. The summed E-state index contributed by atoms with van der Waals surface area (Å²) in [5, 5.41) is 3.98. The monoisotopic (exact) mass is 399 g/mol. The second-order valence-corrected chi connectivity index (χ2v) is 9.36. The van der Waals surface area contributed by atoms with E-state index in [2.05, 4.69) is 24.0 Å². The summed E-state index contributed by atoms with van der Waals surface area (Å²) >= 11 is 0. The van der Waals surface area contributed by atoms with Gasteiger partial charge in [-0.3, -0.25) is 0 Å². The fourth-order valence-corrected chi connectivity index (χ4v) is 3.89. The Morgan fingerprint density at radius 3 is 2.29 bits per heavy atom. The van der Waals surface area contributed by atoms with E-state index in [1.807, 2.05) is 55.5 Å². The molecule has 28 heavy (non-hydrogen) atoms. The van der Waals surface area contributed by atoms with Crippen LogP contribution in [-0.2, 0) is 22.3 Å². The fourth-order valence-electron chi connectivity index (χ4n) is 2.75. The van der Waals surface area contributed by atoms with Crippen molar-refractivity contribution in [1.29, 1.82) is 0 Å². The van der Waals surface area contributed by atoms with Crippen molar-refractivity contribution in [2.24, 2.45) is 0 Å². The summed E-state index contributed by atoms with van der Waals surface area (Å²) in [6, 6.07) is 15.4. The van der Waals surface area contributed by atoms with Gasteiger partial charge in [0.15, 0.2) is 0 Å². The minimum atomic E-state index is -3.49. The third kappa shape index (κ3) is 4.85. The average molecular weight is 400 g/mol. The Morgan fingerprint density at radius 2 is 1.68 bits per heavy atom. The molecule has 0 fully saturated rings. The molecular weight excluding hydrogens is 374 g/mol. The number of hydrogen-bond donors (Lipinski definition) is 0. The zero-order valence-electron chi connectivity index (χ0n) is 16.6. The summed E-state index contributed by atoms with van der Waals surface area (Å²) in [6.45, 7) is 6.27. The second-order valence-electron chi connectivity index (χ2n) is 7.29. The van der Waals surface area contributed by atoms with Crippen molar-refractivity contribution in [1.82, 2.24) is 14.4 Å². The van der Waals surface area contributed by atoms with Crippen molar-refractivity contribution in [3.8, 4) is 11.4 Å². The van der Waals surface area contributed by atoms with Crippen LogP contribution in [0.5, 0.6) is 0 Å². The van der Waals surface area contributed by atoms with Gasteiger partial charge in [0.1, 0.15) is 0 Å². The molecule has 7 heteroatoms. The smallest absolute Gasteiger partial charge is 0.242 e. The molecule has 0 N–H and O–H groups in total. The first-order valence-electron chi connectivity index (χ1n) is 9.17. The summed E-state index contributed by atoms with van der Waals surface area (Å²) in [5.41, 5.74) is 3.90. The molecule has 148 valence electrons. The van der Waals surface area contributed by atoms with Crippen molar-refractivity contribution in [2.45, 2.75) is 39.0 Å². The maximum Gasteiger partial charge on any atom is 0.242 e. The fraction of sp³-hybridized carbons (Fsp3) is 0.333. The maximum absolute atomic E-state index is 12.6. The normalized spacial score (nSPS) is 12.1. The third-order valence-electron chi connectivity index (χ3n) is 4.61. The quantitative estimate of drug-likeness (QED) is 0.597. The first-order chi connectivity index (χ1) is 13.2. The molecule has 0 radical (unpaired) electrons. The van der Waals surface area contributed by atoms with E-state index in [0.29, 0.717) is 11.7 Å². The van der Waals surface area contributed by atoms with Gasteiger partial charge < -0.3 is 4.52 Å². The van der Waals surface area contributed by atoms with Crippen LogP contribution in [-0.4, -0.2) is 29.9 Å². The molecular formula is C21H25N3O3S. The van der Waals surface area contributed by atoms with Gasteiger partial charge >= 0.3 is 0 Å². The lowest BCUT2D eigenvalue weighted by Crippen LogP contribution is -2.27. The van der Waals surface area contributed by atoms with Crippen molar-refractivity contribution < 1.29 is 12.9 Å². The van der Waals surface area contributed by atoms with Crippen molar-refractivity contribution in [3.63, 3.8) is 0 Å². The highest BCUT2D eigenvalue weighted by Crippen LogP contribution is 2.21. The van der Waals surface area contributed by atoms with Crippen molar-refractivity contribution >= 4 is 10.0 Å². The molecule has 0 spiro atoms. The van der Waals surface area contributed by atoms with Gasteiger partial charge in [-0.25, -0.2) is 8.42 Å². The molecule has 0 aliphatic carbocycles. The largest absolute Gasteiger partial charge is 0.338 e. The van der Waals surface area contributed by atoms with Crippen LogP contribution >= 0.6 is 0 Å². The number of aromatic nitrogens is 2. The number of hydrogen-bond acceptors (Lipinski definition) is 5. The lowest BCUT2D eigenvalue weighted by Gasteiger charge is -2.15. The van der Waals surface area contributed by atoms with Gasteiger partial charge in [-0.2, -0.15) is 9.29 Å². The standard InChI is InChI=1S/C21H25N3O3S/c1-15(2)18-9-11-19(12-10-18)21-22-20(27-23-21)13-24(4)28(25,26)14-17-7-5-16(3)6-8-17/h5-12,15H,13-14H2,1-4H3. The van der Waals surface area contributed by atoms with Gasteiger partial charge in [-0.05, 0) is 24.0 Å². The Kier molecular flexibility index (Phi) is 5.96. The van der Waals surface area contributed by atoms with Gasteiger partial charge in [0.25, 0.3) is 0 Å². The first-order valence-corrected chi connectivity index (χ1v) is 10.8. The topological polar surface area (TPSA) is 76.3 Å². The van der Waals surface area contributed by atoms with E-state index in [1.165, 1.54) is 16.9 Å². The molecule has 0 unspecified atom stereocenters. The molecule has 3 aromatic rings. The van der Waals surface area contributed by atoms with E-state index in [-0.39, 0.29) is 18.2 Å². The highest BCUT2D eigenvalue weighted by atomic mass is 32.2. The molecule has 0 aliphatic rings. The van der Waals surface area contributed by atoms with Crippen LogP contribution in [0, 0.1) is 6.92 Å². The predicted molar refractivity (Wildman–Crippen MR) is 109 cm³/mol. The van der Waals surface area contributed by atoms with Crippen LogP contribution in [0.1, 0.15) is 42.3 Å². The van der Waals surface area contributed by atoms with Crippen molar-refractivity contribution in [2.75, 3.05) is 7.05 Å². The molecule has 0 saturated heterocycles. The SMILES string of the molecule is Cc1ccc(CS(=O)(=O)N(C)Cc2nc(-c3ccc(C(C)C)cc3)no2)cc1. The molecule has 1 aromatic heterocycles. The van der Waals surface area contributed by atoms with Gasteiger partial charge in [-0.1, -0.05) is 73.1 Å². The Labute approximate surface area is 166 Å². The van der Waals surface area contributed by atoms with Crippen LogP contribution in [0.15, 0.2) is 53.1 Å². The summed E-state index contributed by atoms with van der Waals surface area (Å²) < 4.78 is 31.7. The summed E-state index contributed by atoms with van der Waals surface area (Å²) in [5.74, 6) is 1.09. The summed E-state index contributed by atoms with van der Waals surface area (Å²) in [7, 11) is -1.97. The summed E-state index contributed by atoms with van der Waals surface area (Å²) in [6.07, 6.45) is 0. The molecule has 2 aromatic carbocycles. The van der Waals surface area contributed by atoms with E-state index < -0.39 is 10.0 Å². The molecule has 3 rings (SSSR count). The molecule has 0 aliphatic heterocycles. The zero-order chi connectivity index (χ0) is 20.3. The molecule has 1 heterocycles. The Hall–Kier alpha value is -2.51. The Bertz CT molecular complexity index is 1020. The van der Waals surface area contributed by atoms with Crippen LogP contribution in [0.4, 0.5) is 0 Å². The van der Waals surface area contributed by atoms with Gasteiger partial charge in [0.2, 0.25) is 21.7 Å². The number of nitrogens with zero attached hydrogens (tertiary/aromatic N) is 3. The molecule has 0 saturated carbocycles. The van der Waals surface area contributed by atoms with E-state index in [1.54, 1.807) is 0 Å². The minimum absolute atomic E-state index is 0.0330.